The minimum absolute atomic E-state index is 0.0104. The number of benzene rings is 2. The number of nitrogens with one attached hydrogen (secondary N) is 1. The maximum Gasteiger partial charge on any atom is 0.416 e. The van der Waals surface area contributed by atoms with E-state index in [0.29, 0.717) is 16.5 Å². The maximum atomic E-state index is 12.9. The Kier molecular flexibility index (Phi) is 14.1. The van der Waals surface area contributed by atoms with Crippen LogP contribution in [0.25, 0.3) is 0 Å². The number of rotatable bonds is 8. The monoisotopic (exact) mass is 679 g/mol. The van der Waals surface area contributed by atoms with Crippen molar-refractivity contribution in [2.24, 2.45) is 0 Å². The van der Waals surface area contributed by atoms with E-state index in [1.54, 1.807) is 4.90 Å². The minimum Gasteiger partial charge on any atom is -0.439 e. The molecular formula is C29H28Cl3F4N3O3S. The summed E-state index contributed by atoms with van der Waals surface area (Å²) in [4.78, 5) is 29.9. The van der Waals surface area contributed by atoms with Crippen molar-refractivity contribution in [1.29, 1.82) is 0 Å². The van der Waals surface area contributed by atoms with Gasteiger partial charge in [0.2, 0.25) is 5.88 Å². The number of alkyl halides is 3. The van der Waals surface area contributed by atoms with Crippen LogP contribution in [0.4, 0.5) is 28.0 Å². The molecule has 0 atom stereocenters. The predicted molar refractivity (Wildman–Crippen MR) is 165 cm³/mol. The average Bonchev–Trinajstić information content (AvgIpc) is 2.92. The van der Waals surface area contributed by atoms with E-state index < -0.39 is 23.5 Å². The van der Waals surface area contributed by atoms with Crippen molar-refractivity contribution < 1.29 is 31.9 Å². The first-order chi connectivity index (χ1) is 20.1. The first-order valence-corrected chi connectivity index (χ1v) is 14.7. The number of anilines is 1. The highest BCUT2D eigenvalue weighted by Crippen LogP contribution is 2.32. The standard InChI is InChI=1S/C19H12F4N2O2.C10H16Cl3NOS/c20-13-7-9-14(10-8-13)24-18(26)16-5-2-6-17(25-16)27-15-4-1-3-12(11-15)19(21,22)23;1-6(2)14(7(3)4)10(15)16-5-8(11)9(12)13/h1-11H,(H,24,26);6-7H,5H2,1-4H3. The molecular weight excluding hydrogens is 653 g/mol. The van der Waals surface area contributed by atoms with Crippen LogP contribution in [0.2, 0.25) is 0 Å². The predicted octanol–water partition coefficient (Wildman–Crippen LogP) is 10.1. The topological polar surface area (TPSA) is 71.5 Å². The molecule has 232 valence electrons. The van der Waals surface area contributed by atoms with Gasteiger partial charge in [-0.2, -0.15) is 13.2 Å². The van der Waals surface area contributed by atoms with Crippen LogP contribution in [0.1, 0.15) is 43.7 Å². The Hall–Kier alpha value is -2.99. The lowest BCUT2D eigenvalue weighted by Gasteiger charge is -2.30. The molecule has 0 fully saturated rings. The zero-order valence-corrected chi connectivity index (χ0v) is 26.5. The van der Waals surface area contributed by atoms with Crippen molar-refractivity contribution in [1.82, 2.24) is 9.88 Å². The second-order valence-electron chi connectivity index (χ2n) is 9.26. The third kappa shape index (κ3) is 12.3. The van der Waals surface area contributed by atoms with E-state index in [1.165, 1.54) is 54.6 Å². The number of ether oxygens (including phenoxy) is 1. The number of hydrogen-bond donors (Lipinski definition) is 1. The summed E-state index contributed by atoms with van der Waals surface area (Å²) in [7, 11) is 0. The maximum absolute atomic E-state index is 12.9. The Labute approximate surface area is 266 Å². The normalized spacial score (nSPS) is 11.0. The van der Waals surface area contributed by atoms with Crippen LogP contribution in [0, 0.1) is 5.82 Å². The van der Waals surface area contributed by atoms with Gasteiger partial charge in [-0.15, -0.1) is 0 Å². The van der Waals surface area contributed by atoms with Crippen LogP contribution in [0.5, 0.6) is 11.6 Å². The summed E-state index contributed by atoms with van der Waals surface area (Å²) in [5.41, 5.74) is -0.499. The molecule has 1 N–H and O–H groups in total. The molecule has 0 unspecified atom stereocenters. The van der Waals surface area contributed by atoms with Gasteiger partial charge in [-0.1, -0.05) is 58.7 Å². The summed E-state index contributed by atoms with van der Waals surface area (Å²) in [6.07, 6.45) is -4.50. The zero-order valence-electron chi connectivity index (χ0n) is 23.4. The lowest BCUT2D eigenvalue weighted by Crippen LogP contribution is -2.39. The smallest absolute Gasteiger partial charge is 0.416 e. The third-order valence-electron chi connectivity index (χ3n) is 5.29. The lowest BCUT2D eigenvalue weighted by atomic mass is 10.2. The van der Waals surface area contributed by atoms with Crippen LogP contribution in [0.15, 0.2) is 76.3 Å². The minimum atomic E-state index is -4.50. The van der Waals surface area contributed by atoms with E-state index in [1.807, 2.05) is 27.7 Å². The summed E-state index contributed by atoms with van der Waals surface area (Å²) in [5, 5.41) is 2.82. The highest BCUT2D eigenvalue weighted by atomic mass is 35.5. The second-order valence-corrected chi connectivity index (χ2v) is 11.6. The van der Waals surface area contributed by atoms with E-state index in [2.05, 4.69) is 10.3 Å². The number of aromatic nitrogens is 1. The molecule has 43 heavy (non-hydrogen) atoms. The molecule has 0 radical (unpaired) electrons. The van der Waals surface area contributed by atoms with E-state index in [4.69, 9.17) is 39.5 Å². The van der Waals surface area contributed by atoms with E-state index in [9.17, 15) is 27.2 Å². The Morgan fingerprint density at radius 2 is 1.56 bits per heavy atom. The Morgan fingerprint density at radius 1 is 0.953 bits per heavy atom. The molecule has 14 heteroatoms. The Balaban J connectivity index is 0.000000347. The molecule has 1 heterocycles. The van der Waals surface area contributed by atoms with Gasteiger partial charge in [0.05, 0.1) is 10.6 Å². The van der Waals surface area contributed by atoms with Crippen molar-refractivity contribution >= 4 is 63.4 Å². The average molecular weight is 681 g/mol. The highest BCUT2D eigenvalue weighted by molar-refractivity contribution is 8.13. The molecule has 0 saturated heterocycles. The third-order valence-corrected chi connectivity index (χ3v) is 7.31. The molecule has 0 aliphatic heterocycles. The van der Waals surface area contributed by atoms with Gasteiger partial charge in [0.1, 0.15) is 21.8 Å². The first kappa shape index (κ1) is 36.2. The van der Waals surface area contributed by atoms with Gasteiger partial charge in [0, 0.05) is 29.6 Å². The zero-order chi connectivity index (χ0) is 32.3. The molecule has 0 bridgehead atoms. The van der Waals surface area contributed by atoms with E-state index >= 15 is 0 Å². The summed E-state index contributed by atoms with van der Waals surface area (Å²) in [5.74, 6) is -0.813. The number of carbonyl (C=O) groups is 2. The number of halogens is 7. The van der Waals surface area contributed by atoms with Crippen molar-refractivity contribution in [2.75, 3.05) is 11.1 Å². The van der Waals surface area contributed by atoms with Gasteiger partial charge >= 0.3 is 6.18 Å². The van der Waals surface area contributed by atoms with E-state index in [0.717, 1.165) is 23.9 Å². The largest absolute Gasteiger partial charge is 0.439 e. The fourth-order valence-corrected chi connectivity index (χ4v) is 4.88. The van der Waals surface area contributed by atoms with Gasteiger partial charge in [0.25, 0.3) is 11.1 Å². The summed E-state index contributed by atoms with van der Waals surface area (Å²) in [6.45, 7) is 7.91. The highest BCUT2D eigenvalue weighted by Gasteiger charge is 2.30. The van der Waals surface area contributed by atoms with Crippen LogP contribution < -0.4 is 10.1 Å². The van der Waals surface area contributed by atoms with Crippen LogP contribution in [0.3, 0.4) is 0 Å². The van der Waals surface area contributed by atoms with E-state index in [-0.39, 0.29) is 39.1 Å². The Bertz CT molecular complexity index is 1410. The number of thioether (sulfide) groups is 1. The van der Waals surface area contributed by atoms with Crippen molar-refractivity contribution in [3.63, 3.8) is 0 Å². The number of pyridine rings is 1. The first-order valence-electron chi connectivity index (χ1n) is 12.6. The SMILES string of the molecule is CC(C)N(C(=O)SCC(Cl)=C(Cl)Cl)C(C)C.O=C(Nc1ccc(F)cc1)c1cccc(Oc2cccc(C(F)(F)F)c2)n1. The molecule has 2 amide bonds. The molecule has 0 saturated carbocycles. The molecule has 0 aliphatic rings. The summed E-state index contributed by atoms with van der Waals surface area (Å²) >= 11 is 17.8. The fraction of sp³-hybridized carbons (Fsp3) is 0.276. The lowest BCUT2D eigenvalue weighted by molar-refractivity contribution is -0.137. The van der Waals surface area contributed by atoms with Crippen molar-refractivity contribution in [3.8, 4) is 11.6 Å². The molecule has 0 spiro atoms. The van der Waals surface area contributed by atoms with Crippen molar-refractivity contribution in [3.05, 3.63) is 93.3 Å². The van der Waals surface area contributed by atoms with Gasteiger partial charge in [-0.25, -0.2) is 9.37 Å². The van der Waals surface area contributed by atoms with Crippen LogP contribution in [-0.2, 0) is 6.18 Å². The molecule has 3 rings (SSSR count). The molecule has 2 aromatic carbocycles. The molecule has 0 aliphatic carbocycles. The van der Waals surface area contributed by atoms with Gasteiger partial charge in [-0.05, 0) is 76.2 Å². The molecule has 3 aromatic rings. The van der Waals surface area contributed by atoms with Gasteiger partial charge in [-0.3, -0.25) is 9.59 Å². The molecule has 1 aromatic heterocycles. The summed E-state index contributed by atoms with van der Waals surface area (Å²) in [6, 6.07) is 14.1. The number of amides is 2. The molecule has 6 nitrogen and oxygen atoms in total. The Morgan fingerprint density at radius 3 is 2.12 bits per heavy atom. The van der Waals surface area contributed by atoms with Crippen LogP contribution >= 0.6 is 46.6 Å². The van der Waals surface area contributed by atoms with Crippen molar-refractivity contribution in [2.45, 2.75) is 46.0 Å². The number of carbonyl (C=O) groups excluding carboxylic acids is 2. The quantitative estimate of drug-likeness (QED) is 0.240. The number of nitrogens with zero attached hydrogens (tertiary/aromatic N) is 2. The van der Waals surface area contributed by atoms with Crippen LogP contribution in [-0.4, -0.2) is 38.9 Å². The van der Waals surface area contributed by atoms with Gasteiger partial charge in [0.15, 0.2) is 0 Å². The van der Waals surface area contributed by atoms with Gasteiger partial charge < -0.3 is 15.0 Å². The summed E-state index contributed by atoms with van der Waals surface area (Å²) < 4.78 is 56.5. The second kappa shape index (κ2) is 16.7. The fourth-order valence-electron chi connectivity index (χ4n) is 3.46. The number of hydrogen-bond acceptors (Lipinski definition) is 5.